The number of imidazole rings is 2. The molecule has 0 radical (unpaired) electrons. The number of likely N-dealkylation sites (tertiary alicyclic amines) is 2. The van der Waals surface area contributed by atoms with Crippen LogP contribution in [0.2, 0.25) is 0 Å². The quantitative estimate of drug-likeness (QED) is 0.0767. The Kier molecular flexibility index (Phi) is 20.3. The summed E-state index contributed by atoms with van der Waals surface area (Å²) in [6.07, 6.45) is 9.02. The number of carbonyl (C=O) groups excluding carboxylic acids is 2. The fraction of sp³-hybridized carbons (Fsp3) is 0.355. The summed E-state index contributed by atoms with van der Waals surface area (Å²) < 4.78 is 37.1. The van der Waals surface area contributed by atoms with Gasteiger partial charge in [0.2, 0.25) is 0 Å². The number of rotatable bonds is 14. The average molecular weight is 1190 g/mol. The van der Waals surface area contributed by atoms with Crippen LogP contribution < -0.4 is 29.6 Å². The molecule has 21 heteroatoms. The lowest BCUT2D eigenvalue weighted by Gasteiger charge is -2.24. The van der Waals surface area contributed by atoms with Crippen LogP contribution in [0.15, 0.2) is 127 Å². The van der Waals surface area contributed by atoms with Gasteiger partial charge in [-0.1, -0.05) is 72.5 Å². The Morgan fingerprint density at radius 2 is 1.05 bits per heavy atom. The van der Waals surface area contributed by atoms with Gasteiger partial charge in [0.25, 0.3) is 0 Å². The van der Waals surface area contributed by atoms with E-state index in [1.54, 1.807) is 24.0 Å². The second-order valence-electron chi connectivity index (χ2n) is 21.3. The number of para-hydroxylation sites is 2. The fourth-order valence-corrected chi connectivity index (χ4v) is 9.26. The lowest BCUT2D eigenvalue weighted by Crippen LogP contribution is -2.36. The van der Waals surface area contributed by atoms with Gasteiger partial charge in [0, 0.05) is 38.3 Å². The van der Waals surface area contributed by atoms with Crippen molar-refractivity contribution in [2.24, 2.45) is 0 Å². The number of hydrogen-bond acceptors (Lipinski definition) is 16. The van der Waals surface area contributed by atoms with Crippen LogP contribution in [-0.2, 0) is 22.6 Å². The van der Waals surface area contributed by atoms with E-state index in [9.17, 15) is 9.59 Å². The molecule has 2 amide bonds. The number of nitrogens with zero attached hydrogens (tertiary/aromatic N) is 10. The summed E-state index contributed by atoms with van der Waals surface area (Å²) in [7, 11) is 3.30. The molecule has 0 spiro atoms. The summed E-state index contributed by atoms with van der Waals surface area (Å²) in [4.78, 5) is 55.8. The number of hydrogen-bond donors (Lipinski definition) is 2. The van der Waals surface area contributed by atoms with E-state index >= 15 is 0 Å². The first-order valence-electron chi connectivity index (χ1n) is 27.1. The van der Waals surface area contributed by atoms with Gasteiger partial charge in [0.1, 0.15) is 60.1 Å². The van der Waals surface area contributed by atoms with Crippen LogP contribution in [0.1, 0.15) is 71.3 Å². The third kappa shape index (κ3) is 17.2. The Morgan fingerprint density at radius 3 is 1.51 bits per heavy atom. The summed E-state index contributed by atoms with van der Waals surface area (Å²) in [6.45, 7) is 15.2. The Bertz CT molecular complexity index is 3530. The molecule has 20 nitrogen and oxygen atoms in total. The number of nitrogens with one attached hydrogen (secondary N) is 2. The minimum absolute atomic E-state index is 0.00108. The van der Waals surface area contributed by atoms with Crippen LogP contribution in [-0.4, -0.2) is 138 Å². The second-order valence-corrected chi connectivity index (χ2v) is 22.0. The van der Waals surface area contributed by atoms with Crippen LogP contribution >= 0.6 is 15.9 Å². The minimum atomic E-state index is -0.540. The highest BCUT2D eigenvalue weighted by Gasteiger charge is 2.32. The maximum atomic E-state index is 12.6. The summed E-state index contributed by atoms with van der Waals surface area (Å²) >= 11 is 3.56. The second kappa shape index (κ2) is 28.1. The minimum Gasteiger partial charge on any atom is -0.497 e. The number of terminal acetylenes is 1. The zero-order chi connectivity index (χ0) is 58.9. The molecular weight excluding hydrogens is 1120 g/mol. The molecule has 2 aliphatic rings. The molecule has 4 aromatic carbocycles. The van der Waals surface area contributed by atoms with Gasteiger partial charge < -0.3 is 48.9 Å². The molecule has 0 bridgehead atoms. The summed E-state index contributed by atoms with van der Waals surface area (Å²) in [6, 6.07) is 34.9. The van der Waals surface area contributed by atoms with Crippen molar-refractivity contribution in [3.63, 3.8) is 0 Å². The topological polar surface area (TPSA) is 207 Å². The molecule has 2 atom stereocenters. The van der Waals surface area contributed by atoms with E-state index in [1.165, 1.54) is 12.7 Å². The van der Waals surface area contributed by atoms with Crippen molar-refractivity contribution in [3.8, 4) is 47.2 Å². The van der Waals surface area contributed by atoms with Gasteiger partial charge in [-0.2, -0.15) is 0 Å². The lowest BCUT2D eigenvalue weighted by molar-refractivity contribution is 0.0283. The van der Waals surface area contributed by atoms with Crippen LogP contribution in [0, 0.1) is 24.2 Å². The number of methoxy groups -OCH3 is 2. The van der Waals surface area contributed by atoms with Crippen molar-refractivity contribution >= 4 is 62.1 Å². The molecule has 2 fully saturated rings. The van der Waals surface area contributed by atoms with E-state index < -0.39 is 11.2 Å². The van der Waals surface area contributed by atoms with Crippen molar-refractivity contribution in [1.29, 1.82) is 0 Å². The highest BCUT2D eigenvalue weighted by Crippen LogP contribution is 2.28. The fourth-order valence-electron chi connectivity index (χ4n) is 8.79. The first-order valence-corrected chi connectivity index (χ1v) is 27.9. The van der Waals surface area contributed by atoms with E-state index in [0.29, 0.717) is 84.7 Å². The van der Waals surface area contributed by atoms with Crippen LogP contribution in [0.3, 0.4) is 0 Å². The van der Waals surface area contributed by atoms with E-state index in [4.69, 9.17) is 39.8 Å². The molecule has 83 heavy (non-hydrogen) atoms. The van der Waals surface area contributed by atoms with Gasteiger partial charge in [0.05, 0.1) is 27.3 Å². The molecule has 4 aromatic heterocycles. The number of carbonyl (C=O) groups is 2. The van der Waals surface area contributed by atoms with Crippen molar-refractivity contribution in [1.82, 2.24) is 48.8 Å². The van der Waals surface area contributed by atoms with Crippen LogP contribution in [0.5, 0.6) is 23.0 Å². The van der Waals surface area contributed by atoms with Crippen LogP contribution in [0.4, 0.5) is 21.2 Å². The summed E-state index contributed by atoms with van der Waals surface area (Å²) in [5, 5.41) is 6.91. The Labute approximate surface area is 492 Å². The van der Waals surface area contributed by atoms with Crippen molar-refractivity contribution < 1.29 is 38.0 Å². The van der Waals surface area contributed by atoms with Gasteiger partial charge in [-0.25, -0.2) is 39.5 Å². The third-order valence-electron chi connectivity index (χ3n) is 12.7. The van der Waals surface area contributed by atoms with Crippen molar-refractivity contribution in [2.45, 2.75) is 90.8 Å². The number of anilines is 2. The van der Waals surface area contributed by atoms with Gasteiger partial charge >= 0.3 is 12.2 Å². The van der Waals surface area contributed by atoms with Gasteiger partial charge in [-0.05, 0) is 136 Å². The highest BCUT2D eigenvalue weighted by molar-refractivity contribution is 9.10. The highest BCUT2D eigenvalue weighted by atomic mass is 79.9. The molecule has 10 rings (SSSR count). The largest absolute Gasteiger partial charge is 0.497 e. The molecule has 432 valence electrons. The normalized spacial score (nSPS) is 14.7. The zero-order valence-corrected chi connectivity index (χ0v) is 49.6. The van der Waals surface area contributed by atoms with E-state index in [-0.39, 0.29) is 30.9 Å². The maximum absolute atomic E-state index is 12.6. The van der Waals surface area contributed by atoms with E-state index in [0.717, 1.165) is 52.6 Å². The van der Waals surface area contributed by atoms with E-state index in [2.05, 4.69) is 69.2 Å². The van der Waals surface area contributed by atoms with E-state index in [1.807, 2.05) is 160 Å². The molecule has 2 aliphatic heterocycles. The molecule has 2 saturated heterocycles. The predicted octanol–water partition coefficient (Wildman–Crippen LogP) is 10.5. The SMILES string of the molecule is C#CCOc1ccccc1.COc1ccc(Cn2c(Br)nc3c(NC4CCN(C(=O)OC(C)(C)C)C4)ncnc32)cc1.COc1ccc(Cn2c(C#CCOc3ccccc3)nc3c(NC4CCN(C(=O)OC(C)(C)C)C4)ncnc32)cc1. The van der Waals surface area contributed by atoms with Gasteiger partial charge in [-0.3, -0.25) is 9.13 Å². The Morgan fingerprint density at radius 1 is 0.602 bits per heavy atom. The van der Waals surface area contributed by atoms with Crippen molar-refractivity contribution in [2.75, 3.05) is 64.2 Å². The number of aromatic nitrogens is 8. The molecule has 2 N–H and O–H groups in total. The standard InChI is InChI=1S/C31H34N6O4.C22H27BrN6O3.C9H8O/c1-31(2,3)41-30(38)36-17-16-23(20-36)34-28-27-29(33-21-32-28)37(19-22-12-14-24(39-4)15-13-22)26(35-27)11-8-18-40-25-9-6-5-7-10-25;1-22(2,3)32-21(30)28-10-9-15(12-28)26-18-17-19(25-13-24-18)29(20(23)27-17)11-14-5-7-16(31-4)8-6-14;1-2-8-10-9-6-4-3-5-7-9/h5-7,9-10,12-15,21,23H,16-20H2,1-4H3,(H,32,33,34);5-8,13,15H,9-12H2,1-4H3,(H,24,25,26);1,3-7H,8H2. The monoisotopic (exact) mass is 1190 g/mol. The average Bonchev–Trinajstić information content (AvgIpc) is 3.64. The van der Waals surface area contributed by atoms with Crippen LogP contribution in [0.25, 0.3) is 22.3 Å². The molecule has 8 aromatic rings. The smallest absolute Gasteiger partial charge is 0.410 e. The molecule has 6 heterocycles. The first-order chi connectivity index (χ1) is 39.9. The third-order valence-corrected chi connectivity index (χ3v) is 13.3. The molecule has 2 unspecified atom stereocenters. The molecule has 0 saturated carbocycles. The summed E-state index contributed by atoms with van der Waals surface area (Å²) in [5.41, 5.74) is 3.79. The summed E-state index contributed by atoms with van der Waals surface area (Å²) in [5.74, 6) is 13.6. The predicted molar refractivity (Wildman–Crippen MR) is 322 cm³/mol. The molecule has 0 aliphatic carbocycles. The Hall–Kier alpha value is -9.08. The lowest BCUT2D eigenvalue weighted by atomic mass is 10.2. The number of halogens is 1. The number of benzene rings is 4. The molecular formula is C62H69BrN12O8. The number of fused-ring (bicyclic) bond motifs is 2. The van der Waals surface area contributed by atoms with Gasteiger partial charge in [0.15, 0.2) is 44.5 Å². The van der Waals surface area contributed by atoms with Gasteiger partial charge in [-0.15, -0.1) is 6.42 Å². The zero-order valence-electron chi connectivity index (χ0n) is 48.0. The number of ether oxygens (including phenoxy) is 6. The Balaban J connectivity index is 0.000000189. The van der Waals surface area contributed by atoms with Crippen molar-refractivity contribution in [3.05, 3.63) is 144 Å². The number of amides is 2. The first kappa shape index (κ1) is 60.0. The maximum Gasteiger partial charge on any atom is 0.410 e.